The number of nitriles is 1. The van der Waals surface area contributed by atoms with Crippen molar-refractivity contribution < 1.29 is 69.6 Å². The maximum atomic E-state index is 17.3. The number of nitrogens with one attached hydrogen (secondary N) is 2. The number of ether oxygens (including phenoxy) is 5. The molecule has 5 aromatic carbocycles. The minimum Gasteiger partial charge on any atom is -0.497 e. The van der Waals surface area contributed by atoms with Crippen molar-refractivity contribution in [2.24, 2.45) is 0 Å². The number of carbonyl (C=O) groups is 2. The number of nitrogens with zero attached hydrogens (tertiary/aromatic N) is 9. The van der Waals surface area contributed by atoms with E-state index in [4.69, 9.17) is 68.0 Å². The number of rotatable bonds is 26. The standard InChI is InChI=1S/C64H68FN11O14P2SSi/c1-63(2,3)94(6,7)90-54-52(89-92(93,84-33-17-32-66)85-35-47-49(65)53(88-91(79)80)61(86-47)75-38-71-50-55(67-36-69-57(50)75)73-59(77)40-18-11-8-12-19-40)48(87-62(54)76-39-72-51-56(68-37-70-58(51)76)74-60(78)41-20-13-9-14-21-41)34-83-64(42-22-15-10-16-23-42,43-24-28-45(81-4)29-25-43)44-26-30-46(82-5)31-27-44/h8-16,18-31,36-39,47-49,52-54,61-62,91H,17,33-35H2,1-7H3,(H,79,80)(H,67,69,73,77)(H,68,70,74,78)/t47-,48-,49-,52-,53-,54-,61-,62-,92?/m1/s1. The van der Waals surface area contributed by atoms with Crippen molar-refractivity contribution in [1.29, 1.82) is 5.26 Å². The summed E-state index contributed by atoms with van der Waals surface area (Å²) in [5.41, 5.74) is 1.98. The van der Waals surface area contributed by atoms with Gasteiger partial charge in [-0.3, -0.25) is 32.3 Å². The van der Waals surface area contributed by atoms with Crippen molar-refractivity contribution in [2.75, 3.05) is 44.7 Å². The van der Waals surface area contributed by atoms with Gasteiger partial charge in [0.05, 0.1) is 59.2 Å². The molecule has 6 heterocycles. The van der Waals surface area contributed by atoms with Crippen LogP contribution in [-0.4, -0.2) is 135 Å². The van der Waals surface area contributed by atoms with Gasteiger partial charge in [0.25, 0.3) is 11.8 Å². The Morgan fingerprint density at radius 3 is 1.64 bits per heavy atom. The number of methoxy groups -OCH3 is 2. The largest absolute Gasteiger partial charge is 0.497 e. The summed E-state index contributed by atoms with van der Waals surface area (Å²) in [5.74, 6) is 0.385. The highest BCUT2D eigenvalue weighted by Gasteiger charge is 2.56. The number of imidazole rings is 2. The summed E-state index contributed by atoms with van der Waals surface area (Å²) in [6, 6.07) is 43.6. The van der Waals surface area contributed by atoms with Crippen LogP contribution >= 0.6 is 15.0 Å². The number of benzene rings is 5. The van der Waals surface area contributed by atoms with Gasteiger partial charge in [0, 0.05) is 11.1 Å². The Labute approximate surface area is 547 Å². The minimum absolute atomic E-state index is 0.0179. The van der Waals surface area contributed by atoms with Crippen LogP contribution in [0.1, 0.15) is 77.1 Å². The Kier molecular flexibility index (Phi) is 20.7. The van der Waals surface area contributed by atoms with Crippen molar-refractivity contribution in [1.82, 2.24) is 39.0 Å². The predicted molar refractivity (Wildman–Crippen MR) is 350 cm³/mol. The topological polar surface area (TPSA) is 299 Å². The number of carbonyl (C=O) groups excluding carboxylic acids is 2. The maximum Gasteiger partial charge on any atom is 0.327 e. The van der Waals surface area contributed by atoms with Gasteiger partial charge in [-0.15, -0.1) is 0 Å². The van der Waals surface area contributed by atoms with E-state index < -0.39 is 101 Å². The van der Waals surface area contributed by atoms with E-state index in [0.717, 1.165) is 11.9 Å². The summed E-state index contributed by atoms with van der Waals surface area (Å²) < 4.78 is 98.3. The van der Waals surface area contributed by atoms with E-state index in [-0.39, 0.29) is 53.6 Å². The molecule has 94 heavy (non-hydrogen) atoms. The van der Waals surface area contributed by atoms with Crippen LogP contribution in [0.3, 0.4) is 0 Å². The Bertz CT molecular complexity index is 4190. The van der Waals surface area contributed by atoms with Gasteiger partial charge >= 0.3 is 15.0 Å². The molecule has 2 aliphatic heterocycles. The molecule has 490 valence electrons. The zero-order valence-electron chi connectivity index (χ0n) is 52.0. The molecule has 2 amide bonds. The summed E-state index contributed by atoms with van der Waals surface area (Å²) in [4.78, 5) is 64.0. The van der Waals surface area contributed by atoms with Crippen molar-refractivity contribution >= 4 is 80.9 Å². The van der Waals surface area contributed by atoms with Crippen molar-refractivity contribution in [3.8, 4) is 17.6 Å². The molecule has 3 N–H and O–H groups in total. The molecule has 10 atom stereocenters. The van der Waals surface area contributed by atoms with Gasteiger partial charge in [-0.25, -0.2) is 34.3 Å². The van der Waals surface area contributed by atoms with E-state index in [0.29, 0.717) is 33.8 Å². The molecular weight excluding hydrogens is 1290 g/mol. The third-order valence-corrected chi connectivity index (χ3v) is 23.9. The third kappa shape index (κ3) is 14.3. The first-order valence-corrected chi connectivity index (χ1v) is 36.5. The molecule has 4 aromatic heterocycles. The molecule has 0 radical (unpaired) electrons. The van der Waals surface area contributed by atoms with Crippen molar-refractivity contribution in [2.45, 2.75) is 100 Å². The van der Waals surface area contributed by atoms with Crippen LogP contribution in [0.15, 0.2) is 165 Å². The Hall–Kier alpha value is -8.10. The summed E-state index contributed by atoms with van der Waals surface area (Å²) in [7, 11) is -3.68. The van der Waals surface area contributed by atoms with E-state index in [1.807, 2.05) is 92.0 Å². The number of hydrogen-bond acceptors (Lipinski definition) is 21. The second-order valence-corrected chi connectivity index (χ2v) is 31.9. The molecule has 0 aliphatic carbocycles. The maximum absolute atomic E-state index is 17.3. The highest BCUT2D eigenvalue weighted by atomic mass is 32.5. The van der Waals surface area contributed by atoms with Crippen LogP contribution in [0, 0.1) is 11.3 Å². The van der Waals surface area contributed by atoms with Crippen LogP contribution in [0.4, 0.5) is 16.0 Å². The van der Waals surface area contributed by atoms with Gasteiger partial charge in [0.15, 0.2) is 60.9 Å². The smallest absolute Gasteiger partial charge is 0.327 e. The van der Waals surface area contributed by atoms with Crippen LogP contribution in [0.2, 0.25) is 18.1 Å². The molecule has 2 unspecified atom stereocenters. The SMILES string of the molecule is COc1ccc(C(OC[C@H]2O[C@@H](n3cnc4c(NC(=O)c5ccccc5)ncnc43)[C@H](O[Si](C)(C)C(C)(C)C)[C@@H]2OP(=S)(OCCC#N)OC[C@H]2O[C@@H](n3cnc4c(NC(=O)c5ccccc5)ncnc43)[C@H](O[PH](=O)O)[C@@H]2F)(c2ccccc2)c2ccc(OC)cc2)cc1. The molecule has 2 fully saturated rings. The van der Waals surface area contributed by atoms with E-state index >= 15 is 4.39 Å². The van der Waals surface area contributed by atoms with Crippen molar-refractivity contribution in [3.05, 3.63) is 193 Å². The van der Waals surface area contributed by atoms with E-state index in [1.165, 1.54) is 23.5 Å². The number of anilines is 2. The number of aromatic nitrogens is 8. The van der Waals surface area contributed by atoms with Gasteiger partial charge in [-0.1, -0.05) is 112 Å². The van der Waals surface area contributed by atoms with Crippen LogP contribution in [0.5, 0.6) is 11.5 Å². The quantitative estimate of drug-likeness (QED) is 0.0196. The van der Waals surface area contributed by atoms with Crippen LogP contribution in [0.25, 0.3) is 22.3 Å². The molecule has 2 saturated heterocycles. The minimum atomic E-state index is -4.35. The van der Waals surface area contributed by atoms with Gasteiger partial charge in [0.2, 0.25) is 0 Å². The Morgan fingerprint density at radius 2 is 1.16 bits per heavy atom. The summed E-state index contributed by atoms with van der Waals surface area (Å²) >= 11 is 6.38. The first-order valence-electron chi connectivity index (χ1n) is 29.8. The molecule has 25 nitrogen and oxygen atoms in total. The van der Waals surface area contributed by atoms with E-state index in [9.17, 15) is 24.3 Å². The molecule has 9 aromatic rings. The fraction of sp³-hybridized carbons (Fsp3) is 0.328. The summed E-state index contributed by atoms with van der Waals surface area (Å²) in [5, 5.41) is 15.1. The number of hydrogen-bond donors (Lipinski definition) is 3. The van der Waals surface area contributed by atoms with Gasteiger partial charge in [-0.05, 0) is 95.2 Å². The Balaban J connectivity index is 0.998. The molecular formula is C64H68FN11O14P2SSi. The lowest BCUT2D eigenvalue weighted by molar-refractivity contribution is -0.0937. The normalized spacial score (nSPS) is 20.9. The molecule has 30 heteroatoms. The van der Waals surface area contributed by atoms with Crippen LogP contribution in [-0.2, 0) is 58.7 Å². The lowest BCUT2D eigenvalue weighted by atomic mass is 9.80. The highest BCUT2D eigenvalue weighted by Crippen LogP contribution is 2.56. The number of halogens is 1. The second-order valence-electron chi connectivity index (χ2n) is 23.4. The fourth-order valence-electron chi connectivity index (χ4n) is 10.8. The molecule has 0 bridgehead atoms. The first-order chi connectivity index (χ1) is 45.2. The first kappa shape index (κ1) is 67.3. The summed E-state index contributed by atoms with van der Waals surface area (Å²) in [6.07, 6.45) is -6.96. The zero-order valence-corrected chi connectivity index (χ0v) is 55.8. The second kappa shape index (κ2) is 28.9. The molecule has 2 aliphatic rings. The molecule has 0 saturated carbocycles. The zero-order chi connectivity index (χ0) is 66.4. The number of amides is 2. The van der Waals surface area contributed by atoms with E-state index in [1.54, 1.807) is 79.5 Å². The van der Waals surface area contributed by atoms with Gasteiger partial charge < -0.3 is 52.7 Å². The molecule has 11 rings (SSSR count). The highest BCUT2D eigenvalue weighted by molar-refractivity contribution is 8.07. The van der Waals surface area contributed by atoms with Gasteiger partial charge in [-0.2, -0.15) is 5.26 Å². The predicted octanol–water partition coefficient (Wildman–Crippen LogP) is 11.0. The Morgan fingerprint density at radius 1 is 0.681 bits per heavy atom. The summed E-state index contributed by atoms with van der Waals surface area (Å²) in [6.45, 7) is 4.61. The van der Waals surface area contributed by atoms with E-state index in [2.05, 4.69) is 57.4 Å². The lowest BCUT2D eigenvalue weighted by Gasteiger charge is -2.41. The van der Waals surface area contributed by atoms with Gasteiger partial charge in [0.1, 0.15) is 60.3 Å². The number of fused-ring (bicyclic) bond motifs is 2. The third-order valence-electron chi connectivity index (χ3n) is 16.6. The average Bonchev–Trinajstić information content (AvgIpc) is 1.41. The molecule has 0 spiro atoms. The van der Waals surface area contributed by atoms with Crippen molar-refractivity contribution in [3.63, 3.8) is 0 Å². The van der Waals surface area contributed by atoms with Crippen LogP contribution < -0.4 is 20.1 Å². The number of alkyl halides is 1. The fourth-order valence-corrected chi connectivity index (χ4v) is 14.7. The average molecular weight is 1360 g/mol. The monoisotopic (exact) mass is 1360 g/mol. The lowest BCUT2D eigenvalue weighted by Crippen LogP contribution is -2.49.